The smallest absolute Gasteiger partial charge is 0.126 e. The molecule has 3 rings (SSSR count). The van der Waals surface area contributed by atoms with Gasteiger partial charge in [0, 0.05) is 19.6 Å². The summed E-state index contributed by atoms with van der Waals surface area (Å²) in [6, 6.07) is 7.12. The molecule has 2 heterocycles. The van der Waals surface area contributed by atoms with Crippen LogP contribution in [0.5, 0.6) is 0 Å². The Morgan fingerprint density at radius 3 is 2.95 bits per heavy atom. The molecule has 1 N–H and O–H groups in total. The summed E-state index contributed by atoms with van der Waals surface area (Å²) in [5.41, 5.74) is 1.21. The fourth-order valence-electron chi connectivity index (χ4n) is 3.84. The second-order valence-corrected chi connectivity index (χ2v) is 5.99. The molecule has 2 aliphatic rings. The second-order valence-electron chi connectivity index (χ2n) is 5.99. The SMILES string of the molecule is CNc1cccc(CN2CCC[C@H]3CCCC[C@H]32)n1. The third-order valence-electron chi connectivity index (χ3n) is 4.79. The summed E-state index contributed by atoms with van der Waals surface area (Å²) < 4.78 is 0. The Labute approximate surface area is 116 Å². The van der Waals surface area contributed by atoms with E-state index in [-0.39, 0.29) is 0 Å². The lowest BCUT2D eigenvalue weighted by Gasteiger charge is -2.44. The van der Waals surface area contributed by atoms with E-state index in [1.165, 1.54) is 50.8 Å². The average molecular weight is 259 g/mol. The molecule has 0 amide bonds. The molecular formula is C16H25N3. The van der Waals surface area contributed by atoms with Gasteiger partial charge in [0.15, 0.2) is 0 Å². The Morgan fingerprint density at radius 1 is 1.21 bits per heavy atom. The van der Waals surface area contributed by atoms with Gasteiger partial charge < -0.3 is 5.32 Å². The van der Waals surface area contributed by atoms with E-state index in [2.05, 4.69) is 27.3 Å². The lowest BCUT2D eigenvalue weighted by molar-refractivity contribution is 0.0538. The normalized spacial score (nSPS) is 27.8. The highest BCUT2D eigenvalue weighted by Gasteiger charge is 2.33. The van der Waals surface area contributed by atoms with Crippen molar-refractivity contribution in [2.24, 2.45) is 5.92 Å². The number of rotatable bonds is 3. The lowest BCUT2D eigenvalue weighted by atomic mass is 9.78. The van der Waals surface area contributed by atoms with Crippen molar-refractivity contribution in [1.29, 1.82) is 0 Å². The zero-order valence-corrected chi connectivity index (χ0v) is 11.9. The van der Waals surface area contributed by atoms with Crippen LogP contribution in [0, 0.1) is 5.92 Å². The minimum Gasteiger partial charge on any atom is -0.373 e. The van der Waals surface area contributed by atoms with Crippen molar-refractivity contribution in [3.8, 4) is 0 Å². The molecule has 0 spiro atoms. The second kappa shape index (κ2) is 5.91. The number of fused-ring (bicyclic) bond motifs is 1. The summed E-state index contributed by atoms with van der Waals surface area (Å²) in [5, 5.41) is 3.13. The Balaban J connectivity index is 1.70. The molecule has 0 unspecified atom stereocenters. The monoisotopic (exact) mass is 259 g/mol. The largest absolute Gasteiger partial charge is 0.373 e. The van der Waals surface area contributed by atoms with E-state index >= 15 is 0 Å². The third-order valence-corrected chi connectivity index (χ3v) is 4.79. The zero-order valence-electron chi connectivity index (χ0n) is 11.9. The molecule has 1 aromatic heterocycles. The van der Waals surface area contributed by atoms with Crippen molar-refractivity contribution in [1.82, 2.24) is 9.88 Å². The van der Waals surface area contributed by atoms with Crippen molar-refractivity contribution in [2.75, 3.05) is 18.9 Å². The Hall–Kier alpha value is -1.09. The van der Waals surface area contributed by atoms with E-state index in [0.29, 0.717) is 0 Å². The lowest BCUT2D eigenvalue weighted by Crippen LogP contribution is -2.46. The minimum absolute atomic E-state index is 0.822. The van der Waals surface area contributed by atoms with Gasteiger partial charge in [0.25, 0.3) is 0 Å². The highest BCUT2D eigenvalue weighted by Crippen LogP contribution is 2.35. The van der Waals surface area contributed by atoms with E-state index < -0.39 is 0 Å². The van der Waals surface area contributed by atoms with Crippen molar-refractivity contribution in [3.63, 3.8) is 0 Å². The van der Waals surface area contributed by atoms with Crippen LogP contribution in [0.4, 0.5) is 5.82 Å². The average Bonchev–Trinajstić information content (AvgIpc) is 2.48. The van der Waals surface area contributed by atoms with Crippen molar-refractivity contribution in [2.45, 2.75) is 51.1 Å². The highest BCUT2D eigenvalue weighted by molar-refractivity contribution is 5.34. The highest BCUT2D eigenvalue weighted by atomic mass is 15.2. The first-order chi connectivity index (χ1) is 9.36. The summed E-state index contributed by atoms with van der Waals surface area (Å²) in [6.07, 6.45) is 8.53. The molecule has 104 valence electrons. The maximum atomic E-state index is 4.67. The fourth-order valence-corrected chi connectivity index (χ4v) is 3.84. The van der Waals surface area contributed by atoms with E-state index in [9.17, 15) is 0 Å². The van der Waals surface area contributed by atoms with Gasteiger partial charge in [-0.25, -0.2) is 4.98 Å². The maximum absolute atomic E-state index is 4.67. The topological polar surface area (TPSA) is 28.2 Å². The van der Waals surface area contributed by atoms with Crippen molar-refractivity contribution in [3.05, 3.63) is 23.9 Å². The number of nitrogens with zero attached hydrogens (tertiary/aromatic N) is 2. The van der Waals surface area contributed by atoms with Crippen LogP contribution in [0.3, 0.4) is 0 Å². The third kappa shape index (κ3) is 2.92. The van der Waals surface area contributed by atoms with Gasteiger partial charge in [-0.3, -0.25) is 4.90 Å². The van der Waals surface area contributed by atoms with Crippen molar-refractivity contribution >= 4 is 5.82 Å². The van der Waals surface area contributed by atoms with E-state index in [4.69, 9.17) is 0 Å². The van der Waals surface area contributed by atoms with Gasteiger partial charge in [-0.2, -0.15) is 0 Å². The Kier molecular flexibility index (Phi) is 4.02. The summed E-state index contributed by atoms with van der Waals surface area (Å²) >= 11 is 0. The van der Waals surface area contributed by atoms with Crippen LogP contribution >= 0.6 is 0 Å². The first-order valence-corrected chi connectivity index (χ1v) is 7.74. The van der Waals surface area contributed by atoms with Crippen LogP contribution in [-0.2, 0) is 6.54 Å². The Morgan fingerprint density at radius 2 is 2.05 bits per heavy atom. The van der Waals surface area contributed by atoms with E-state index in [0.717, 1.165) is 24.3 Å². The summed E-state index contributed by atoms with van der Waals surface area (Å²) in [4.78, 5) is 7.36. The predicted molar refractivity (Wildman–Crippen MR) is 79.2 cm³/mol. The fraction of sp³-hybridized carbons (Fsp3) is 0.688. The van der Waals surface area contributed by atoms with E-state index in [1.54, 1.807) is 0 Å². The van der Waals surface area contributed by atoms with Gasteiger partial charge in [-0.15, -0.1) is 0 Å². The molecule has 1 saturated heterocycles. The number of hydrogen-bond acceptors (Lipinski definition) is 3. The van der Waals surface area contributed by atoms with Gasteiger partial charge in [0.2, 0.25) is 0 Å². The van der Waals surface area contributed by atoms with Crippen LogP contribution in [0.25, 0.3) is 0 Å². The van der Waals surface area contributed by atoms with Crippen LogP contribution in [-0.4, -0.2) is 29.5 Å². The predicted octanol–water partition coefficient (Wildman–Crippen LogP) is 3.28. The number of likely N-dealkylation sites (tertiary alicyclic amines) is 1. The van der Waals surface area contributed by atoms with Gasteiger partial charge in [-0.1, -0.05) is 18.9 Å². The van der Waals surface area contributed by atoms with Crippen LogP contribution in [0.1, 0.15) is 44.2 Å². The van der Waals surface area contributed by atoms with Gasteiger partial charge in [0.1, 0.15) is 5.82 Å². The first-order valence-electron chi connectivity index (χ1n) is 7.74. The summed E-state index contributed by atoms with van der Waals surface area (Å²) in [5.74, 6) is 1.93. The number of anilines is 1. The molecule has 0 bridgehead atoms. The van der Waals surface area contributed by atoms with E-state index in [1.807, 2.05) is 13.1 Å². The summed E-state index contributed by atoms with van der Waals surface area (Å²) in [6.45, 7) is 2.28. The number of nitrogens with one attached hydrogen (secondary N) is 1. The zero-order chi connectivity index (χ0) is 13.1. The molecule has 1 aliphatic carbocycles. The molecule has 1 aliphatic heterocycles. The molecule has 0 aromatic carbocycles. The number of aromatic nitrogens is 1. The van der Waals surface area contributed by atoms with Crippen LogP contribution in [0.15, 0.2) is 18.2 Å². The van der Waals surface area contributed by atoms with Gasteiger partial charge in [-0.05, 0) is 50.3 Å². The minimum atomic E-state index is 0.822. The molecule has 1 saturated carbocycles. The Bertz CT molecular complexity index is 416. The molecular weight excluding hydrogens is 234 g/mol. The number of hydrogen-bond donors (Lipinski definition) is 1. The first kappa shape index (κ1) is 12.9. The molecule has 0 radical (unpaired) electrons. The summed E-state index contributed by atoms with van der Waals surface area (Å²) in [7, 11) is 1.93. The molecule has 1 aromatic rings. The number of pyridine rings is 1. The molecule has 3 nitrogen and oxygen atoms in total. The molecule has 19 heavy (non-hydrogen) atoms. The van der Waals surface area contributed by atoms with Crippen LogP contribution in [0.2, 0.25) is 0 Å². The quantitative estimate of drug-likeness (QED) is 0.903. The maximum Gasteiger partial charge on any atom is 0.126 e. The molecule has 3 heteroatoms. The van der Waals surface area contributed by atoms with Crippen molar-refractivity contribution < 1.29 is 0 Å². The molecule has 2 atom stereocenters. The van der Waals surface area contributed by atoms with Gasteiger partial charge >= 0.3 is 0 Å². The number of piperidine rings is 1. The molecule has 2 fully saturated rings. The standard InChI is InChI=1S/C16H25N3/c1-17-16-10-4-8-14(18-16)12-19-11-5-7-13-6-2-3-9-15(13)19/h4,8,10,13,15H,2-3,5-7,9,11-12H2,1H3,(H,17,18)/t13-,15-/m1/s1. The van der Waals surface area contributed by atoms with Crippen LogP contribution < -0.4 is 5.32 Å². The van der Waals surface area contributed by atoms with Gasteiger partial charge in [0.05, 0.1) is 5.69 Å².